The topological polar surface area (TPSA) is 44.8 Å². The largest absolute Gasteiger partial charge is 0.496 e. The second-order valence-electron chi connectivity index (χ2n) is 6.97. The van der Waals surface area contributed by atoms with Crippen LogP contribution in [0, 0.1) is 0 Å². The molecule has 0 radical (unpaired) electrons. The molecule has 0 aliphatic carbocycles. The maximum absolute atomic E-state index is 14.4. The van der Waals surface area contributed by atoms with Crippen molar-refractivity contribution in [2.75, 3.05) is 21.3 Å². The van der Waals surface area contributed by atoms with Crippen LogP contribution in [0.5, 0.6) is 17.2 Å². The highest BCUT2D eigenvalue weighted by Crippen LogP contribution is 2.57. The van der Waals surface area contributed by atoms with Gasteiger partial charge in [-0.3, -0.25) is 0 Å². The summed E-state index contributed by atoms with van der Waals surface area (Å²) in [7, 11) is 2.18. The highest BCUT2D eigenvalue weighted by Gasteiger charge is 2.28. The fourth-order valence-electron chi connectivity index (χ4n) is 3.60. The van der Waals surface area contributed by atoms with Gasteiger partial charge in [0.1, 0.15) is 24.4 Å². The molecule has 0 fully saturated rings. The van der Waals surface area contributed by atoms with Gasteiger partial charge in [0.25, 0.3) is 0 Å². The Hall–Kier alpha value is -2.71. The number of hydrogen-bond donors (Lipinski definition) is 0. The van der Waals surface area contributed by atoms with Crippen molar-refractivity contribution in [3.8, 4) is 17.2 Å². The lowest BCUT2D eigenvalue weighted by Gasteiger charge is -2.22. The molecular formula is C24H27O4P. The summed E-state index contributed by atoms with van der Waals surface area (Å²) in [6.07, 6.45) is 1.31. The molecule has 0 saturated carbocycles. The molecule has 0 spiro atoms. The lowest BCUT2D eigenvalue weighted by atomic mass is 10.2. The minimum Gasteiger partial charge on any atom is -0.496 e. The summed E-state index contributed by atoms with van der Waals surface area (Å²) in [5.74, 6) is 2.27. The third-order valence-corrected chi connectivity index (χ3v) is 7.70. The monoisotopic (exact) mass is 410 g/mol. The molecular weight excluding hydrogens is 383 g/mol. The van der Waals surface area contributed by atoms with E-state index in [0.29, 0.717) is 18.5 Å². The molecule has 29 heavy (non-hydrogen) atoms. The van der Waals surface area contributed by atoms with Gasteiger partial charge in [-0.2, -0.15) is 0 Å². The van der Waals surface area contributed by atoms with E-state index in [4.69, 9.17) is 14.2 Å². The molecule has 152 valence electrons. The van der Waals surface area contributed by atoms with Crippen molar-refractivity contribution < 1.29 is 18.8 Å². The van der Waals surface area contributed by atoms with Gasteiger partial charge in [0.15, 0.2) is 0 Å². The van der Waals surface area contributed by atoms with Crippen molar-refractivity contribution in [3.05, 3.63) is 89.5 Å². The van der Waals surface area contributed by atoms with Crippen LogP contribution in [0.25, 0.3) is 0 Å². The van der Waals surface area contributed by atoms with Crippen molar-refractivity contribution in [1.82, 2.24) is 0 Å². The average molecular weight is 410 g/mol. The predicted octanol–water partition coefficient (Wildman–Crippen LogP) is 5.98. The fourth-order valence-corrected chi connectivity index (χ4v) is 6.58. The van der Waals surface area contributed by atoms with Gasteiger partial charge in [0, 0.05) is 35.2 Å². The van der Waals surface area contributed by atoms with Gasteiger partial charge < -0.3 is 18.8 Å². The minimum atomic E-state index is -2.75. The zero-order chi connectivity index (χ0) is 20.7. The van der Waals surface area contributed by atoms with E-state index in [2.05, 4.69) is 0 Å². The Balaban J connectivity index is 2.01. The highest BCUT2D eigenvalue weighted by molar-refractivity contribution is 7.61. The van der Waals surface area contributed by atoms with Gasteiger partial charge in [-0.05, 0) is 18.2 Å². The summed E-state index contributed by atoms with van der Waals surface area (Å²) in [5, 5.41) is 0. The average Bonchev–Trinajstić information content (AvgIpc) is 2.74. The first kappa shape index (κ1) is 21.0. The molecule has 0 aliphatic rings. The number of para-hydroxylation sites is 3. The van der Waals surface area contributed by atoms with Crippen LogP contribution < -0.4 is 14.2 Å². The molecule has 0 aliphatic heterocycles. The van der Waals surface area contributed by atoms with E-state index in [0.717, 1.165) is 33.9 Å². The Morgan fingerprint density at radius 1 is 0.552 bits per heavy atom. The quantitative estimate of drug-likeness (QED) is 0.407. The van der Waals surface area contributed by atoms with Crippen molar-refractivity contribution in [3.63, 3.8) is 0 Å². The molecule has 0 saturated heterocycles. The molecule has 3 aromatic carbocycles. The second-order valence-corrected chi connectivity index (χ2v) is 10.0. The van der Waals surface area contributed by atoms with Gasteiger partial charge >= 0.3 is 0 Å². The van der Waals surface area contributed by atoms with Crippen molar-refractivity contribution in [2.24, 2.45) is 0 Å². The van der Waals surface area contributed by atoms with Gasteiger partial charge in [0.05, 0.1) is 21.3 Å². The zero-order valence-electron chi connectivity index (χ0n) is 17.1. The molecule has 0 heterocycles. The molecule has 0 amide bonds. The Morgan fingerprint density at radius 2 is 0.828 bits per heavy atom. The van der Waals surface area contributed by atoms with Gasteiger partial charge in [-0.15, -0.1) is 0 Å². The Morgan fingerprint density at radius 3 is 1.10 bits per heavy atom. The lowest BCUT2D eigenvalue weighted by molar-refractivity contribution is 0.409. The van der Waals surface area contributed by atoms with Crippen molar-refractivity contribution in [2.45, 2.75) is 18.5 Å². The third kappa shape index (κ3) is 5.21. The maximum Gasteiger partial charge on any atom is 0.122 e. The van der Waals surface area contributed by atoms with Crippen LogP contribution in [-0.4, -0.2) is 21.3 Å². The lowest BCUT2D eigenvalue weighted by Crippen LogP contribution is -2.02. The molecule has 4 nitrogen and oxygen atoms in total. The first-order chi connectivity index (χ1) is 14.1. The number of methoxy groups -OCH3 is 3. The van der Waals surface area contributed by atoms with E-state index >= 15 is 0 Å². The molecule has 3 aromatic rings. The van der Waals surface area contributed by atoms with Gasteiger partial charge in [0.2, 0.25) is 0 Å². The standard InChI is InChI=1S/C24H27O4P/c1-26-22-13-7-4-10-19(22)16-29(25,17-20-11-5-8-14-23(20)27-2)18-21-12-6-9-15-24(21)28-3/h4-15H,16-18H2,1-3H3. The molecule has 0 N–H and O–H groups in total. The predicted molar refractivity (Wildman–Crippen MR) is 118 cm³/mol. The third-order valence-electron chi connectivity index (χ3n) is 4.95. The van der Waals surface area contributed by atoms with E-state index in [1.807, 2.05) is 72.8 Å². The molecule has 3 rings (SSSR count). The number of ether oxygens (including phenoxy) is 3. The van der Waals surface area contributed by atoms with E-state index in [9.17, 15) is 4.57 Å². The minimum absolute atomic E-state index is 0.438. The Bertz CT molecular complexity index is 872. The molecule has 0 aromatic heterocycles. The van der Waals surface area contributed by atoms with Crippen molar-refractivity contribution in [1.29, 1.82) is 0 Å². The summed E-state index contributed by atoms with van der Waals surface area (Å²) in [4.78, 5) is 0. The van der Waals surface area contributed by atoms with Gasteiger partial charge in [-0.1, -0.05) is 54.6 Å². The first-order valence-electron chi connectivity index (χ1n) is 9.51. The first-order valence-corrected chi connectivity index (χ1v) is 11.8. The number of benzene rings is 3. The van der Waals surface area contributed by atoms with Gasteiger partial charge in [-0.25, -0.2) is 0 Å². The Kier molecular flexibility index (Phi) is 7.00. The number of rotatable bonds is 9. The summed E-state index contributed by atoms with van der Waals surface area (Å²) in [6, 6.07) is 23.3. The molecule has 0 atom stereocenters. The molecule has 5 heteroatoms. The van der Waals surface area contributed by atoms with E-state index < -0.39 is 7.14 Å². The smallest absolute Gasteiger partial charge is 0.122 e. The van der Waals surface area contributed by atoms with Crippen LogP contribution in [0.2, 0.25) is 0 Å². The molecule has 0 unspecified atom stereocenters. The van der Waals surface area contributed by atoms with Crippen LogP contribution in [0.4, 0.5) is 0 Å². The van der Waals surface area contributed by atoms with E-state index in [-0.39, 0.29) is 0 Å². The highest BCUT2D eigenvalue weighted by atomic mass is 31.2. The fraction of sp³-hybridized carbons (Fsp3) is 0.250. The van der Waals surface area contributed by atoms with Crippen LogP contribution >= 0.6 is 7.14 Å². The number of hydrogen-bond acceptors (Lipinski definition) is 4. The van der Waals surface area contributed by atoms with Crippen LogP contribution in [0.1, 0.15) is 16.7 Å². The van der Waals surface area contributed by atoms with E-state index in [1.165, 1.54) is 0 Å². The van der Waals surface area contributed by atoms with E-state index in [1.54, 1.807) is 21.3 Å². The normalized spacial score (nSPS) is 11.1. The second kappa shape index (κ2) is 9.67. The van der Waals surface area contributed by atoms with Crippen LogP contribution in [-0.2, 0) is 23.1 Å². The summed E-state index contributed by atoms with van der Waals surface area (Å²) in [6.45, 7) is 0. The summed E-state index contributed by atoms with van der Waals surface area (Å²) in [5.41, 5.74) is 2.84. The maximum atomic E-state index is 14.4. The van der Waals surface area contributed by atoms with Crippen molar-refractivity contribution >= 4 is 7.14 Å². The Labute approximate surface area is 172 Å². The summed E-state index contributed by atoms with van der Waals surface area (Å²) >= 11 is 0. The molecule has 0 bridgehead atoms. The van der Waals surface area contributed by atoms with Crippen LogP contribution in [0.15, 0.2) is 72.8 Å². The van der Waals surface area contributed by atoms with Crippen LogP contribution in [0.3, 0.4) is 0 Å². The summed E-state index contributed by atoms with van der Waals surface area (Å²) < 4.78 is 30.9. The SMILES string of the molecule is COc1ccccc1CP(=O)(Cc1ccccc1OC)Cc1ccccc1OC. The zero-order valence-corrected chi connectivity index (χ0v) is 18.0.